The lowest BCUT2D eigenvalue weighted by molar-refractivity contribution is 0.973. The average molecular weight is 262 g/mol. The van der Waals surface area contributed by atoms with Crippen LogP contribution in [-0.2, 0) is 0 Å². The van der Waals surface area contributed by atoms with Gasteiger partial charge in [-0.3, -0.25) is 4.57 Å². The van der Waals surface area contributed by atoms with Crippen LogP contribution in [0.4, 0.5) is 5.69 Å². The maximum absolute atomic E-state index is 8.74. The van der Waals surface area contributed by atoms with E-state index in [1.54, 1.807) is 17.0 Å². The highest BCUT2D eigenvalue weighted by atomic mass is 15.1. The fourth-order valence-corrected chi connectivity index (χ4v) is 1.88. The minimum atomic E-state index is 0.277. The van der Waals surface area contributed by atoms with Crippen LogP contribution in [0.3, 0.4) is 0 Å². The van der Waals surface area contributed by atoms with Gasteiger partial charge < -0.3 is 5.73 Å². The molecule has 2 heterocycles. The van der Waals surface area contributed by atoms with Gasteiger partial charge in [0.25, 0.3) is 0 Å². The molecule has 0 aliphatic heterocycles. The van der Waals surface area contributed by atoms with Gasteiger partial charge in [-0.2, -0.15) is 5.26 Å². The normalized spacial score (nSPS) is 10.2. The highest BCUT2D eigenvalue weighted by Gasteiger charge is 2.09. The molecular formula is C14H10N6. The molecule has 2 aromatic heterocycles. The average Bonchev–Trinajstić information content (AvgIpc) is 2.97. The van der Waals surface area contributed by atoms with E-state index in [1.807, 2.05) is 30.3 Å². The Morgan fingerprint density at radius 3 is 2.75 bits per heavy atom. The van der Waals surface area contributed by atoms with Crippen molar-refractivity contribution in [2.24, 2.45) is 0 Å². The highest BCUT2D eigenvalue weighted by molar-refractivity contribution is 5.62. The number of anilines is 1. The van der Waals surface area contributed by atoms with Crippen LogP contribution in [0.15, 0.2) is 49.1 Å². The summed E-state index contributed by atoms with van der Waals surface area (Å²) in [5.41, 5.74) is 7.63. The molecule has 0 aliphatic carbocycles. The van der Waals surface area contributed by atoms with E-state index in [1.165, 1.54) is 12.4 Å². The molecule has 0 spiro atoms. The summed E-state index contributed by atoms with van der Waals surface area (Å²) in [7, 11) is 0. The third-order valence-electron chi connectivity index (χ3n) is 2.79. The molecule has 2 N–H and O–H groups in total. The maximum Gasteiger partial charge on any atom is 0.158 e. The molecule has 0 aliphatic rings. The zero-order valence-electron chi connectivity index (χ0n) is 10.4. The van der Waals surface area contributed by atoms with Crippen LogP contribution in [0.25, 0.3) is 17.2 Å². The molecule has 0 saturated heterocycles. The Bertz CT molecular complexity index is 782. The molecule has 0 unspecified atom stereocenters. The number of imidazole rings is 1. The summed E-state index contributed by atoms with van der Waals surface area (Å²) in [6.45, 7) is 0. The first kappa shape index (κ1) is 11.9. The van der Waals surface area contributed by atoms with E-state index in [9.17, 15) is 0 Å². The van der Waals surface area contributed by atoms with Crippen molar-refractivity contribution >= 4 is 5.69 Å². The van der Waals surface area contributed by atoms with Crippen molar-refractivity contribution in [1.29, 1.82) is 5.26 Å². The molecule has 6 heteroatoms. The lowest BCUT2D eigenvalue weighted by atomic mass is 10.2. The van der Waals surface area contributed by atoms with Gasteiger partial charge in [0.1, 0.15) is 11.9 Å². The van der Waals surface area contributed by atoms with Crippen LogP contribution in [-0.4, -0.2) is 19.5 Å². The van der Waals surface area contributed by atoms with Crippen molar-refractivity contribution in [1.82, 2.24) is 19.5 Å². The third kappa shape index (κ3) is 2.08. The SMILES string of the molecule is N#Cc1cnc(-n2ccnc2-c2cccc(N)c2)cn1. The summed E-state index contributed by atoms with van der Waals surface area (Å²) in [6, 6.07) is 9.39. The van der Waals surface area contributed by atoms with Gasteiger partial charge in [-0.15, -0.1) is 0 Å². The number of nitriles is 1. The van der Waals surface area contributed by atoms with Crippen molar-refractivity contribution in [3.8, 4) is 23.3 Å². The second-order valence-electron chi connectivity index (χ2n) is 4.12. The molecule has 0 atom stereocenters. The Kier molecular flexibility index (Phi) is 2.86. The van der Waals surface area contributed by atoms with Gasteiger partial charge in [-0.25, -0.2) is 15.0 Å². The zero-order valence-corrected chi connectivity index (χ0v) is 10.4. The van der Waals surface area contributed by atoms with Crippen LogP contribution < -0.4 is 5.73 Å². The number of rotatable bonds is 2. The molecule has 0 fully saturated rings. The number of nitrogen functional groups attached to an aromatic ring is 1. The molecule has 0 saturated carbocycles. The van der Waals surface area contributed by atoms with Crippen LogP contribution in [0.5, 0.6) is 0 Å². The fourth-order valence-electron chi connectivity index (χ4n) is 1.88. The number of aromatic nitrogens is 4. The van der Waals surface area contributed by atoms with E-state index in [2.05, 4.69) is 15.0 Å². The monoisotopic (exact) mass is 262 g/mol. The van der Waals surface area contributed by atoms with Crippen molar-refractivity contribution in [3.63, 3.8) is 0 Å². The third-order valence-corrected chi connectivity index (χ3v) is 2.79. The van der Waals surface area contributed by atoms with Crippen LogP contribution in [0.1, 0.15) is 5.69 Å². The second kappa shape index (κ2) is 4.82. The van der Waals surface area contributed by atoms with Crippen molar-refractivity contribution in [2.75, 3.05) is 5.73 Å². The molecule has 1 aromatic carbocycles. The van der Waals surface area contributed by atoms with E-state index in [4.69, 9.17) is 11.0 Å². The van der Waals surface area contributed by atoms with E-state index >= 15 is 0 Å². The maximum atomic E-state index is 8.74. The van der Waals surface area contributed by atoms with E-state index in [0.717, 1.165) is 11.4 Å². The van der Waals surface area contributed by atoms with Crippen LogP contribution in [0.2, 0.25) is 0 Å². The lowest BCUT2D eigenvalue weighted by Crippen LogP contribution is -2.01. The van der Waals surface area contributed by atoms with Gasteiger partial charge in [0.05, 0.1) is 12.4 Å². The Morgan fingerprint density at radius 1 is 1.15 bits per heavy atom. The predicted octanol–water partition coefficient (Wildman–Crippen LogP) is 1.78. The van der Waals surface area contributed by atoms with Gasteiger partial charge in [0.2, 0.25) is 0 Å². The molecular weight excluding hydrogens is 252 g/mol. The molecule has 96 valence electrons. The van der Waals surface area contributed by atoms with E-state index < -0.39 is 0 Å². The number of hydrogen-bond acceptors (Lipinski definition) is 5. The van der Waals surface area contributed by atoms with Crippen molar-refractivity contribution in [2.45, 2.75) is 0 Å². The summed E-state index contributed by atoms with van der Waals surface area (Å²) in [6.07, 6.45) is 6.43. The number of nitrogens with zero attached hydrogens (tertiary/aromatic N) is 5. The zero-order chi connectivity index (χ0) is 13.9. The molecule has 3 aromatic rings. The summed E-state index contributed by atoms with van der Waals surface area (Å²) in [5.74, 6) is 1.32. The molecule has 6 nitrogen and oxygen atoms in total. The molecule has 20 heavy (non-hydrogen) atoms. The van der Waals surface area contributed by atoms with Crippen LogP contribution >= 0.6 is 0 Å². The van der Waals surface area contributed by atoms with Crippen molar-refractivity contribution < 1.29 is 0 Å². The topological polar surface area (TPSA) is 93.4 Å². The van der Waals surface area contributed by atoms with Gasteiger partial charge >= 0.3 is 0 Å². The summed E-state index contributed by atoms with van der Waals surface area (Å²) in [4.78, 5) is 12.5. The second-order valence-corrected chi connectivity index (χ2v) is 4.12. The fraction of sp³-hybridized carbons (Fsp3) is 0. The van der Waals surface area contributed by atoms with Gasteiger partial charge in [0, 0.05) is 23.6 Å². The Morgan fingerprint density at radius 2 is 2.05 bits per heavy atom. The smallest absolute Gasteiger partial charge is 0.158 e. The van der Waals surface area contributed by atoms with Crippen LogP contribution in [0, 0.1) is 11.3 Å². The standard InChI is InChI=1S/C14H10N6/c15-7-12-8-19-13(9-18-12)20-5-4-17-14(20)10-2-1-3-11(16)6-10/h1-6,8-9H,16H2. The predicted molar refractivity (Wildman–Crippen MR) is 73.7 cm³/mol. The Labute approximate surface area is 115 Å². The van der Waals surface area contributed by atoms with E-state index in [-0.39, 0.29) is 5.69 Å². The van der Waals surface area contributed by atoms with Crippen molar-refractivity contribution in [3.05, 3.63) is 54.7 Å². The Balaban J connectivity index is 2.08. The minimum Gasteiger partial charge on any atom is -0.399 e. The molecule has 0 radical (unpaired) electrons. The first-order chi connectivity index (χ1) is 9.78. The van der Waals surface area contributed by atoms with Gasteiger partial charge in [-0.1, -0.05) is 12.1 Å². The summed E-state index contributed by atoms with van der Waals surface area (Å²) in [5, 5.41) is 8.74. The highest BCUT2D eigenvalue weighted by Crippen LogP contribution is 2.21. The lowest BCUT2D eigenvalue weighted by Gasteiger charge is -2.07. The number of benzene rings is 1. The van der Waals surface area contributed by atoms with E-state index in [0.29, 0.717) is 11.5 Å². The van der Waals surface area contributed by atoms with Gasteiger partial charge in [-0.05, 0) is 12.1 Å². The quantitative estimate of drug-likeness (QED) is 0.710. The number of hydrogen-bond donors (Lipinski definition) is 1. The minimum absolute atomic E-state index is 0.277. The largest absolute Gasteiger partial charge is 0.399 e. The summed E-state index contributed by atoms with van der Waals surface area (Å²) >= 11 is 0. The molecule has 0 bridgehead atoms. The first-order valence-electron chi connectivity index (χ1n) is 5.90. The van der Waals surface area contributed by atoms with Gasteiger partial charge in [0.15, 0.2) is 11.5 Å². The number of nitrogens with two attached hydrogens (primary N) is 1. The first-order valence-corrected chi connectivity index (χ1v) is 5.90. The molecule has 3 rings (SSSR count). The molecule has 0 amide bonds. The summed E-state index contributed by atoms with van der Waals surface area (Å²) < 4.78 is 1.79. The Hall–Kier alpha value is -3.20.